The summed E-state index contributed by atoms with van der Waals surface area (Å²) in [6, 6.07) is 0. The fourth-order valence-electron chi connectivity index (χ4n) is 9.64. The highest BCUT2D eigenvalue weighted by molar-refractivity contribution is 5.14. The Kier molecular flexibility index (Phi) is 5.03. The van der Waals surface area contributed by atoms with Crippen molar-refractivity contribution in [2.24, 2.45) is 46.3 Å². The van der Waals surface area contributed by atoms with Gasteiger partial charge in [-0.2, -0.15) is 0 Å². The van der Waals surface area contributed by atoms with Crippen molar-refractivity contribution in [1.29, 1.82) is 0 Å². The molecular formula is C27H44O2. The van der Waals surface area contributed by atoms with E-state index in [-0.39, 0.29) is 6.10 Å². The summed E-state index contributed by atoms with van der Waals surface area (Å²) < 4.78 is 6.76. The van der Waals surface area contributed by atoms with E-state index in [4.69, 9.17) is 4.74 Å². The van der Waals surface area contributed by atoms with E-state index >= 15 is 0 Å². The van der Waals surface area contributed by atoms with Gasteiger partial charge in [0.05, 0.1) is 18.3 Å². The van der Waals surface area contributed by atoms with Gasteiger partial charge in [-0.25, -0.2) is 0 Å². The highest BCUT2D eigenvalue weighted by Crippen LogP contribution is 2.70. The first kappa shape index (κ1) is 20.6. The predicted molar refractivity (Wildman–Crippen MR) is 118 cm³/mol. The van der Waals surface area contributed by atoms with Crippen LogP contribution in [-0.2, 0) is 4.74 Å². The van der Waals surface area contributed by atoms with Crippen LogP contribution < -0.4 is 0 Å². The fraction of sp³-hybridized carbons (Fsp3) is 0.926. The molecule has 4 aliphatic carbocycles. The Morgan fingerprint density at radius 3 is 2.55 bits per heavy atom. The number of hydrogen-bond donors (Lipinski definition) is 1. The molecule has 164 valence electrons. The number of aliphatic hydroxyl groups excluding tert-OH is 1. The molecule has 5 fully saturated rings. The fourth-order valence-corrected chi connectivity index (χ4v) is 9.64. The Balaban J connectivity index is 1.35. The largest absolute Gasteiger partial charge is 0.393 e. The van der Waals surface area contributed by atoms with Gasteiger partial charge in [-0.3, -0.25) is 0 Å². The lowest BCUT2D eigenvalue weighted by Crippen LogP contribution is -2.54. The molecule has 11 atom stereocenters. The van der Waals surface area contributed by atoms with Crippen LogP contribution in [0.3, 0.4) is 0 Å². The van der Waals surface area contributed by atoms with Gasteiger partial charge in [0.25, 0.3) is 0 Å². The Labute approximate surface area is 178 Å². The van der Waals surface area contributed by atoms with Gasteiger partial charge in [0.1, 0.15) is 0 Å². The highest BCUT2D eigenvalue weighted by Gasteiger charge is 2.65. The first-order valence-corrected chi connectivity index (χ1v) is 12.7. The zero-order chi connectivity index (χ0) is 20.6. The van der Waals surface area contributed by atoms with E-state index in [2.05, 4.69) is 34.3 Å². The maximum absolute atomic E-state index is 10.3. The smallest absolute Gasteiger partial charge is 0.0618 e. The minimum atomic E-state index is -0.0327. The molecule has 0 aromatic heterocycles. The molecule has 5 rings (SSSR count). The second kappa shape index (κ2) is 7.09. The third kappa shape index (κ3) is 3.02. The Hall–Kier alpha value is -0.340. The molecule has 4 saturated carbocycles. The van der Waals surface area contributed by atoms with Crippen LogP contribution in [-0.4, -0.2) is 23.4 Å². The van der Waals surface area contributed by atoms with Crippen molar-refractivity contribution < 1.29 is 9.84 Å². The molecular weight excluding hydrogens is 356 g/mol. The van der Waals surface area contributed by atoms with Crippen LogP contribution in [0.4, 0.5) is 0 Å². The van der Waals surface area contributed by atoms with Crippen molar-refractivity contribution in [2.75, 3.05) is 0 Å². The quantitative estimate of drug-likeness (QED) is 0.557. The third-order valence-electron chi connectivity index (χ3n) is 11.1. The van der Waals surface area contributed by atoms with Crippen molar-refractivity contribution in [1.82, 2.24) is 0 Å². The van der Waals surface area contributed by atoms with Crippen molar-refractivity contribution in [3.63, 3.8) is 0 Å². The summed E-state index contributed by atoms with van der Waals surface area (Å²) in [5, 5.41) is 10.3. The second-order valence-electron chi connectivity index (χ2n) is 12.5. The summed E-state index contributed by atoms with van der Waals surface area (Å²) in [6.07, 6.45) is 13.5. The van der Waals surface area contributed by atoms with E-state index in [1.807, 2.05) is 0 Å². The molecule has 5 aliphatic rings. The van der Waals surface area contributed by atoms with E-state index in [0.29, 0.717) is 29.0 Å². The molecule has 11 unspecified atom stereocenters. The number of fused-ring (bicyclic) bond motifs is 7. The molecule has 0 aromatic carbocycles. The van der Waals surface area contributed by atoms with E-state index in [9.17, 15) is 5.11 Å². The summed E-state index contributed by atoms with van der Waals surface area (Å²) in [4.78, 5) is 0. The predicted octanol–water partition coefficient (Wildman–Crippen LogP) is 6.38. The van der Waals surface area contributed by atoms with Gasteiger partial charge in [-0.05, 0) is 117 Å². The summed E-state index contributed by atoms with van der Waals surface area (Å²) in [5.74, 6) is 4.88. The molecule has 0 bridgehead atoms. The monoisotopic (exact) mass is 400 g/mol. The van der Waals surface area contributed by atoms with Crippen LogP contribution in [0.2, 0.25) is 0 Å². The number of hydrogen-bond acceptors (Lipinski definition) is 2. The lowest BCUT2D eigenvalue weighted by atomic mass is 9.44. The molecule has 1 N–H and O–H groups in total. The van der Waals surface area contributed by atoms with Crippen LogP contribution in [0, 0.1) is 46.3 Å². The van der Waals surface area contributed by atoms with Gasteiger partial charge >= 0.3 is 0 Å². The maximum atomic E-state index is 10.3. The molecule has 1 aliphatic heterocycles. The summed E-state index contributed by atoms with van der Waals surface area (Å²) in [6.45, 7) is 14.0. The molecule has 29 heavy (non-hydrogen) atoms. The third-order valence-corrected chi connectivity index (χ3v) is 11.1. The number of aliphatic hydroxyl groups is 1. The minimum Gasteiger partial charge on any atom is -0.393 e. The standard InChI is InChI=1S/C27H44O2/c1-16(2)6-9-23-17(3)25-24(29-23)15-22-20-8-7-18-14-19(28)10-12-26(18,4)21(20)11-13-27(22,25)5/h17-25,28H,1,6-15H2,2-5H3. The van der Waals surface area contributed by atoms with E-state index in [1.54, 1.807) is 0 Å². The SMILES string of the molecule is C=C(C)CCC1OC2CC3C4CCC5CC(O)CCC5(C)C4CCC3(C)C2C1C. The Morgan fingerprint density at radius 2 is 1.79 bits per heavy atom. The first-order chi connectivity index (χ1) is 13.7. The van der Waals surface area contributed by atoms with Crippen molar-refractivity contribution in [2.45, 2.75) is 110 Å². The maximum Gasteiger partial charge on any atom is 0.0618 e. The van der Waals surface area contributed by atoms with Crippen molar-refractivity contribution in [3.05, 3.63) is 12.2 Å². The summed E-state index contributed by atoms with van der Waals surface area (Å²) >= 11 is 0. The number of ether oxygens (including phenoxy) is 1. The van der Waals surface area contributed by atoms with Crippen LogP contribution in [0.5, 0.6) is 0 Å². The normalized spacial score (nSPS) is 56.2. The van der Waals surface area contributed by atoms with Gasteiger partial charge in [-0.1, -0.05) is 26.3 Å². The average Bonchev–Trinajstić information content (AvgIpc) is 3.14. The van der Waals surface area contributed by atoms with Gasteiger partial charge in [0.2, 0.25) is 0 Å². The molecule has 1 saturated heterocycles. The van der Waals surface area contributed by atoms with Gasteiger partial charge < -0.3 is 9.84 Å². The molecule has 0 spiro atoms. The topological polar surface area (TPSA) is 29.5 Å². The molecule has 2 heteroatoms. The summed E-state index contributed by atoms with van der Waals surface area (Å²) in [5.41, 5.74) is 2.27. The lowest BCUT2D eigenvalue weighted by Gasteiger charge is -2.61. The average molecular weight is 401 g/mol. The molecule has 2 nitrogen and oxygen atoms in total. The molecule has 0 radical (unpaired) electrons. The van der Waals surface area contributed by atoms with Crippen LogP contribution >= 0.6 is 0 Å². The van der Waals surface area contributed by atoms with E-state index in [1.165, 1.54) is 50.5 Å². The van der Waals surface area contributed by atoms with Crippen molar-refractivity contribution >= 4 is 0 Å². The highest BCUT2D eigenvalue weighted by atomic mass is 16.5. The zero-order valence-corrected chi connectivity index (χ0v) is 19.3. The van der Waals surface area contributed by atoms with Crippen molar-refractivity contribution in [3.8, 4) is 0 Å². The van der Waals surface area contributed by atoms with Crippen LogP contribution in [0.15, 0.2) is 12.2 Å². The number of rotatable bonds is 3. The Morgan fingerprint density at radius 1 is 1.03 bits per heavy atom. The summed E-state index contributed by atoms with van der Waals surface area (Å²) in [7, 11) is 0. The molecule has 1 heterocycles. The molecule has 0 aromatic rings. The second-order valence-corrected chi connectivity index (χ2v) is 12.5. The molecule has 0 amide bonds. The minimum absolute atomic E-state index is 0.0327. The number of allylic oxidation sites excluding steroid dienone is 1. The van der Waals surface area contributed by atoms with Crippen LogP contribution in [0.25, 0.3) is 0 Å². The van der Waals surface area contributed by atoms with Gasteiger partial charge in [0.15, 0.2) is 0 Å². The van der Waals surface area contributed by atoms with E-state index in [0.717, 1.165) is 48.9 Å². The van der Waals surface area contributed by atoms with Gasteiger partial charge in [-0.15, -0.1) is 6.58 Å². The zero-order valence-electron chi connectivity index (χ0n) is 19.3. The van der Waals surface area contributed by atoms with Gasteiger partial charge in [0, 0.05) is 0 Å². The first-order valence-electron chi connectivity index (χ1n) is 12.7. The van der Waals surface area contributed by atoms with E-state index < -0.39 is 0 Å². The lowest BCUT2D eigenvalue weighted by molar-refractivity contribution is -0.130. The Bertz CT molecular complexity index is 657. The van der Waals surface area contributed by atoms with Crippen LogP contribution in [0.1, 0.15) is 91.9 Å².